The third-order valence-corrected chi connectivity index (χ3v) is 4.66. The molecule has 0 aliphatic rings. The van der Waals surface area contributed by atoms with Gasteiger partial charge in [0.1, 0.15) is 12.3 Å². The molecule has 148 valence electrons. The van der Waals surface area contributed by atoms with Gasteiger partial charge in [-0.1, -0.05) is 17.7 Å². The van der Waals surface area contributed by atoms with Gasteiger partial charge in [0.05, 0.1) is 13.4 Å². The van der Waals surface area contributed by atoms with Gasteiger partial charge in [-0.25, -0.2) is 14.3 Å². The van der Waals surface area contributed by atoms with Crippen LogP contribution in [0.3, 0.4) is 0 Å². The summed E-state index contributed by atoms with van der Waals surface area (Å²) in [6.45, 7) is 2.00. The molecule has 3 aromatic rings. The van der Waals surface area contributed by atoms with E-state index in [1.165, 1.54) is 22.5 Å². The average molecular weight is 385 g/mol. The van der Waals surface area contributed by atoms with E-state index in [1.54, 1.807) is 14.2 Å². The third-order valence-electron chi connectivity index (χ3n) is 4.66. The first-order valence-electron chi connectivity index (χ1n) is 8.84. The summed E-state index contributed by atoms with van der Waals surface area (Å²) in [6.07, 6.45) is 2.04. The number of aryl methyl sites for hydroxylation is 3. The van der Waals surface area contributed by atoms with Gasteiger partial charge in [0.15, 0.2) is 11.2 Å². The Bertz CT molecular complexity index is 1160. The van der Waals surface area contributed by atoms with Gasteiger partial charge in [-0.2, -0.15) is 0 Å². The molecule has 0 aliphatic heterocycles. The molecule has 0 aliphatic carbocycles. The highest BCUT2D eigenvalue weighted by Gasteiger charge is 2.16. The Morgan fingerprint density at radius 1 is 1.25 bits per heavy atom. The van der Waals surface area contributed by atoms with Gasteiger partial charge in [0.25, 0.3) is 5.56 Å². The molecular weight excluding hydrogens is 362 g/mol. The summed E-state index contributed by atoms with van der Waals surface area (Å²) in [5.74, 6) is 0.346. The molecule has 3 rings (SSSR count). The van der Waals surface area contributed by atoms with E-state index in [9.17, 15) is 14.4 Å². The fraction of sp³-hybridized carbons (Fsp3) is 0.368. The summed E-state index contributed by atoms with van der Waals surface area (Å²) >= 11 is 0. The molecule has 1 amide bonds. The molecule has 9 heteroatoms. The number of rotatable bonds is 6. The van der Waals surface area contributed by atoms with Crippen LogP contribution in [-0.4, -0.2) is 38.2 Å². The van der Waals surface area contributed by atoms with Crippen molar-refractivity contribution in [2.45, 2.75) is 19.9 Å². The van der Waals surface area contributed by atoms with E-state index in [4.69, 9.17) is 4.74 Å². The number of fused-ring (bicyclic) bond motifs is 1. The average Bonchev–Trinajstić information content (AvgIpc) is 3.05. The molecule has 2 heterocycles. The van der Waals surface area contributed by atoms with Crippen LogP contribution in [-0.2, 0) is 31.9 Å². The number of hydrogen-bond donors (Lipinski definition) is 1. The molecule has 0 saturated carbocycles. The number of imidazole rings is 1. The van der Waals surface area contributed by atoms with E-state index in [0.29, 0.717) is 18.6 Å². The van der Waals surface area contributed by atoms with E-state index < -0.39 is 17.2 Å². The molecule has 0 atom stereocenters. The zero-order valence-corrected chi connectivity index (χ0v) is 16.4. The summed E-state index contributed by atoms with van der Waals surface area (Å²) in [4.78, 5) is 41.5. The number of nitrogens with zero attached hydrogens (tertiary/aromatic N) is 4. The van der Waals surface area contributed by atoms with Gasteiger partial charge >= 0.3 is 5.69 Å². The first-order valence-corrected chi connectivity index (χ1v) is 8.84. The molecule has 0 saturated heterocycles. The Labute approximate surface area is 161 Å². The Balaban J connectivity index is 1.74. The van der Waals surface area contributed by atoms with Crippen molar-refractivity contribution in [2.24, 2.45) is 14.1 Å². The Morgan fingerprint density at radius 2 is 2.00 bits per heavy atom. The normalized spacial score (nSPS) is 11.0. The topological polar surface area (TPSA) is 100 Å². The van der Waals surface area contributed by atoms with Crippen molar-refractivity contribution in [1.29, 1.82) is 0 Å². The highest BCUT2D eigenvalue weighted by atomic mass is 16.5. The third kappa shape index (κ3) is 3.55. The molecule has 0 fully saturated rings. The lowest BCUT2D eigenvalue weighted by atomic mass is 10.1. The van der Waals surface area contributed by atoms with Crippen LogP contribution < -0.4 is 21.3 Å². The van der Waals surface area contributed by atoms with Crippen molar-refractivity contribution < 1.29 is 9.53 Å². The maximum Gasteiger partial charge on any atom is 0.332 e. The van der Waals surface area contributed by atoms with Crippen molar-refractivity contribution in [3.05, 3.63) is 56.5 Å². The highest BCUT2D eigenvalue weighted by Crippen LogP contribution is 2.19. The molecule has 0 unspecified atom stereocenters. The maximum absolute atomic E-state index is 12.6. The van der Waals surface area contributed by atoms with Crippen LogP contribution in [0, 0.1) is 6.92 Å². The van der Waals surface area contributed by atoms with Crippen molar-refractivity contribution >= 4 is 17.1 Å². The number of ether oxygens (including phenoxy) is 1. The van der Waals surface area contributed by atoms with Gasteiger partial charge in [-0.3, -0.25) is 14.2 Å². The van der Waals surface area contributed by atoms with E-state index in [2.05, 4.69) is 10.3 Å². The second-order valence-corrected chi connectivity index (χ2v) is 6.68. The number of methoxy groups -OCH3 is 1. The maximum atomic E-state index is 12.6. The number of nitrogens with one attached hydrogen (secondary N) is 1. The minimum Gasteiger partial charge on any atom is -0.496 e. The van der Waals surface area contributed by atoms with E-state index in [1.807, 2.05) is 25.1 Å². The molecule has 1 aromatic carbocycles. The molecule has 1 N–H and O–H groups in total. The fourth-order valence-electron chi connectivity index (χ4n) is 3.17. The Morgan fingerprint density at radius 3 is 2.71 bits per heavy atom. The monoisotopic (exact) mass is 385 g/mol. The second kappa shape index (κ2) is 7.71. The number of hydrogen-bond acceptors (Lipinski definition) is 5. The van der Waals surface area contributed by atoms with E-state index in [-0.39, 0.29) is 12.1 Å². The smallest absolute Gasteiger partial charge is 0.332 e. The standard InChI is InChI=1S/C19H23N5O4/c1-12-5-6-14(28-4)13(9-12)7-8-20-15(25)10-24-18(26)16-17(21-11-22(16)2)23(3)19(24)27/h5-6,9,11H,7-8,10H2,1-4H3,(H,20,25). The summed E-state index contributed by atoms with van der Waals surface area (Å²) < 4.78 is 9.06. The van der Waals surface area contributed by atoms with Crippen molar-refractivity contribution in [2.75, 3.05) is 13.7 Å². The molecule has 0 spiro atoms. The Kier molecular flexibility index (Phi) is 5.34. The highest BCUT2D eigenvalue weighted by molar-refractivity contribution is 5.76. The zero-order valence-electron chi connectivity index (χ0n) is 16.4. The first-order chi connectivity index (χ1) is 13.3. The largest absolute Gasteiger partial charge is 0.496 e. The van der Waals surface area contributed by atoms with Crippen LogP contribution >= 0.6 is 0 Å². The number of aromatic nitrogens is 4. The zero-order chi connectivity index (χ0) is 20.4. The van der Waals surface area contributed by atoms with Crippen LogP contribution in [0.25, 0.3) is 11.2 Å². The van der Waals surface area contributed by atoms with Gasteiger partial charge in [0, 0.05) is 20.6 Å². The van der Waals surface area contributed by atoms with Gasteiger partial charge in [-0.15, -0.1) is 0 Å². The quantitative estimate of drug-likeness (QED) is 0.649. The molecule has 0 bridgehead atoms. The Hall–Kier alpha value is -3.36. The minimum absolute atomic E-state index is 0.277. The number of carbonyl (C=O) groups is 1. The van der Waals surface area contributed by atoms with Crippen molar-refractivity contribution in [1.82, 2.24) is 24.0 Å². The molecule has 9 nitrogen and oxygen atoms in total. The molecule has 0 radical (unpaired) electrons. The van der Waals surface area contributed by atoms with E-state index in [0.717, 1.165) is 21.4 Å². The summed E-state index contributed by atoms with van der Waals surface area (Å²) in [6, 6.07) is 5.85. The lowest BCUT2D eigenvalue weighted by Gasteiger charge is -2.11. The summed E-state index contributed by atoms with van der Waals surface area (Å²) in [5.41, 5.74) is 1.54. The number of benzene rings is 1. The summed E-state index contributed by atoms with van der Waals surface area (Å²) in [5, 5.41) is 2.76. The van der Waals surface area contributed by atoms with Crippen LogP contribution in [0.15, 0.2) is 34.1 Å². The SMILES string of the molecule is COc1ccc(C)cc1CCNC(=O)Cn1c(=O)c2c(ncn2C)n(C)c1=O. The fourth-order valence-corrected chi connectivity index (χ4v) is 3.17. The lowest BCUT2D eigenvalue weighted by Crippen LogP contribution is -2.43. The predicted molar refractivity (Wildman–Crippen MR) is 105 cm³/mol. The predicted octanol–water partition coefficient (Wildman–Crippen LogP) is 0.110. The molecule has 28 heavy (non-hydrogen) atoms. The van der Waals surface area contributed by atoms with Crippen LogP contribution in [0.1, 0.15) is 11.1 Å². The second-order valence-electron chi connectivity index (χ2n) is 6.68. The minimum atomic E-state index is -0.577. The van der Waals surface area contributed by atoms with E-state index >= 15 is 0 Å². The van der Waals surface area contributed by atoms with Crippen LogP contribution in [0.2, 0.25) is 0 Å². The van der Waals surface area contributed by atoms with Crippen molar-refractivity contribution in [3.8, 4) is 5.75 Å². The number of carbonyl (C=O) groups excluding carboxylic acids is 1. The first kappa shape index (κ1) is 19.4. The number of amides is 1. The lowest BCUT2D eigenvalue weighted by molar-refractivity contribution is -0.121. The van der Waals surface area contributed by atoms with Gasteiger partial charge in [-0.05, 0) is 25.0 Å². The van der Waals surface area contributed by atoms with Crippen LogP contribution in [0.4, 0.5) is 0 Å². The summed E-state index contributed by atoms with van der Waals surface area (Å²) in [7, 11) is 4.79. The molecule has 2 aromatic heterocycles. The molecular formula is C19H23N5O4. The van der Waals surface area contributed by atoms with Gasteiger partial charge in [0.2, 0.25) is 5.91 Å². The van der Waals surface area contributed by atoms with Crippen molar-refractivity contribution in [3.63, 3.8) is 0 Å². The van der Waals surface area contributed by atoms with Gasteiger partial charge < -0.3 is 14.6 Å². The van der Waals surface area contributed by atoms with Crippen LogP contribution in [0.5, 0.6) is 5.75 Å².